The second kappa shape index (κ2) is 5.20. The summed E-state index contributed by atoms with van der Waals surface area (Å²) in [7, 11) is 0. The average molecular weight is 201 g/mol. The molecule has 0 aromatic heterocycles. The normalized spacial score (nSPS) is 27.0. The number of nitrogens with two attached hydrogens (primary N) is 1. The summed E-state index contributed by atoms with van der Waals surface area (Å²) in [4.78, 5) is 0. The molecule has 70 valence electrons. The van der Waals surface area contributed by atoms with Crippen molar-refractivity contribution in [2.75, 3.05) is 19.6 Å². The van der Waals surface area contributed by atoms with Gasteiger partial charge in [-0.15, -0.1) is 24.8 Å². The van der Waals surface area contributed by atoms with Gasteiger partial charge >= 0.3 is 0 Å². The Labute approximate surface area is 81.1 Å². The maximum atomic E-state index is 5.57. The first kappa shape index (κ1) is 14.0. The van der Waals surface area contributed by atoms with Crippen LogP contribution in [0.3, 0.4) is 0 Å². The average Bonchev–Trinajstić information content (AvgIpc) is 2.08. The number of hydrogen-bond acceptors (Lipinski definition) is 2. The van der Waals surface area contributed by atoms with Gasteiger partial charge in [-0.3, -0.25) is 0 Å². The Kier molecular flexibility index (Phi) is 6.64. The molecule has 1 atom stereocenters. The van der Waals surface area contributed by atoms with Gasteiger partial charge in [0.1, 0.15) is 0 Å². The third-order valence-electron chi connectivity index (χ3n) is 2.36. The Bertz CT molecular complexity index is 107. The first-order chi connectivity index (χ1) is 4.17. The van der Waals surface area contributed by atoms with Gasteiger partial charge in [0.2, 0.25) is 0 Å². The molecule has 0 aromatic carbocycles. The second-order valence-electron chi connectivity index (χ2n) is 3.55. The standard InChI is InChI=1S/C7H16N2.2ClH/c1-7(2)5-9-4-6(7)3-8;;/h6,9H,3-5,8H2,1-2H3;2*1H. The van der Waals surface area contributed by atoms with E-state index in [0.717, 1.165) is 19.6 Å². The second-order valence-corrected chi connectivity index (χ2v) is 3.55. The number of halogens is 2. The van der Waals surface area contributed by atoms with E-state index >= 15 is 0 Å². The van der Waals surface area contributed by atoms with Crippen LogP contribution in [0.25, 0.3) is 0 Å². The quantitative estimate of drug-likeness (QED) is 0.665. The smallest absolute Gasteiger partial charge is 0.000626 e. The first-order valence-electron chi connectivity index (χ1n) is 3.57. The number of hydrogen-bond donors (Lipinski definition) is 2. The molecule has 2 nitrogen and oxygen atoms in total. The summed E-state index contributed by atoms with van der Waals surface area (Å²) in [5.74, 6) is 0.678. The van der Waals surface area contributed by atoms with Gasteiger partial charge in [0.25, 0.3) is 0 Å². The minimum absolute atomic E-state index is 0. The molecule has 1 aliphatic rings. The van der Waals surface area contributed by atoms with Crippen molar-refractivity contribution in [3.63, 3.8) is 0 Å². The maximum absolute atomic E-state index is 5.57. The monoisotopic (exact) mass is 200 g/mol. The van der Waals surface area contributed by atoms with Crippen molar-refractivity contribution < 1.29 is 0 Å². The summed E-state index contributed by atoms with van der Waals surface area (Å²) in [6.07, 6.45) is 0. The number of nitrogens with one attached hydrogen (secondary N) is 1. The molecular formula is C7H18Cl2N2. The van der Waals surface area contributed by atoms with Crippen molar-refractivity contribution in [3.8, 4) is 0 Å². The summed E-state index contributed by atoms with van der Waals surface area (Å²) in [5.41, 5.74) is 5.99. The lowest BCUT2D eigenvalue weighted by molar-refractivity contribution is 0.296. The molecule has 4 heteroatoms. The minimum atomic E-state index is 0. The van der Waals surface area contributed by atoms with Gasteiger partial charge in [-0.1, -0.05) is 13.8 Å². The molecule has 0 saturated carbocycles. The molecule has 1 saturated heterocycles. The summed E-state index contributed by atoms with van der Waals surface area (Å²) in [5, 5.41) is 3.33. The van der Waals surface area contributed by atoms with Crippen LogP contribution in [-0.4, -0.2) is 19.6 Å². The van der Waals surface area contributed by atoms with Gasteiger partial charge in [0.05, 0.1) is 0 Å². The molecule has 3 N–H and O–H groups in total. The zero-order chi connectivity index (χ0) is 6.91. The van der Waals surface area contributed by atoms with E-state index in [1.165, 1.54) is 0 Å². The molecule has 0 amide bonds. The topological polar surface area (TPSA) is 38.0 Å². The lowest BCUT2D eigenvalue weighted by atomic mass is 9.82. The van der Waals surface area contributed by atoms with Gasteiger partial charge in [-0.2, -0.15) is 0 Å². The first-order valence-corrected chi connectivity index (χ1v) is 3.57. The molecule has 1 rings (SSSR count). The van der Waals surface area contributed by atoms with Crippen molar-refractivity contribution in [1.82, 2.24) is 5.32 Å². The van der Waals surface area contributed by atoms with Crippen molar-refractivity contribution in [3.05, 3.63) is 0 Å². The van der Waals surface area contributed by atoms with E-state index in [1.807, 2.05) is 0 Å². The fourth-order valence-corrected chi connectivity index (χ4v) is 1.39. The van der Waals surface area contributed by atoms with Crippen molar-refractivity contribution in [2.24, 2.45) is 17.1 Å². The Morgan fingerprint density at radius 1 is 1.45 bits per heavy atom. The molecular weight excluding hydrogens is 183 g/mol. The largest absolute Gasteiger partial charge is 0.330 e. The van der Waals surface area contributed by atoms with E-state index in [4.69, 9.17) is 5.73 Å². The third-order valence-corrected chi connectivity index (χ3v) is 2.36. The van der Waals surface area contributed by atoms with Crippen LogP contribution < -0.4 is 11.1 Å². The Hall–Kier alpha value is 0.500. The highest BCUT2D eigenvalue weighted by Gasteiger charge is 2.32. The molecule has 1 unspecified atom stereocenters. The highest BCUT2D eigenvalue weighted by molar-refractivity contribution is 5.85. The fourth-order valence-electron chi connectivity index (χ4n) is 1.39. The van der Waals surface area contributed by atoms with Crippen LogP contribution in [0.2, 0.25) is 0 Å². The van der Waals surface area contributed by atoms with Gasteiger partial charge in [0, 0.05) is 6.54 Å². The zero-order valence-corrected chi connectivity index (χ0v) is 8.73. The Morgan fingerprint density at radius 3 is 2.18 bits per heavy atom. The highest BCUT2D eigenvalue weighted by atomic mass is 35.5. The van der Waals surface area contributed by atoms with E-state index in [-0.39, 0.29) is 24.8 Å². The van der Waals surface area contributed by atoms with Crippen LogP contribution in [0.4, 0.5) is 0 Å². The van der Waals surface area contributed by atoms with Crippen LogP contribution in [-0.2, 0) is 0 Å². The molecule has 1 aliphatic heterocycles. The predicted molar refractivity (Wildman–Crippen MR) is 53.7 cm³/mol. The summed E-state index contributed by atoms with van der Waals surface area (Å²) >= 11 is 0. The Balaban J connectivity index is 0. The molecule has 0 aliphatic carbocycles. The molecule has 11 heavy (non-hydrogen) atoms. The lowest BCUT2D eigenvalue weighted by Crippen LogP contribution is -2.28. The van der Waals surface area contributed by atoms with Gasteiger partial charge in [-0.05, 0) is 24.4 Å². The SMILES string of the molecule is CC1(C)CNCC1CN.Cl.Cl. The van der Waals surface area contributed by atoms with E-state index in [0.29, 0.717) is 11.3 Å². The summed E-state index contributed by atoms with van der Waals surface area (Å²) < 4.78 is 0. The fraction of sp³-hybridized carbons (Fsp3) is 1.00. The van der Waals surface area contributed by atoms with Crippen LogP contribution in [0, 0.1) is 11.3 Å². The van der Waals surface area contributed by atoms with Crippen LogP contribution >= 0.6 is 24.8 Å². The zero-order valence-electron chi connectivity index (χ0n) is 7.09. The van der Waals surface area contributed by atoms with E-state index in [2.05, 4.69) is 19.2 Å². The Morgan fingerprint density at radius 2 is 2.00 bits per heavy atom. The van der Waals surface area contributed by atoms with Crippen molar-refractivity contribution in [2.45, 2.75) is 13.8 Å². The van der Waals surface area contributed by atoms with Crippen LogP contribution in [0.5, 0.6) is 0 Å². The maximum Gasteiger partial charge on any atom is 0.000626 e. The number of rotatable bonds is 1. The van der Waals surface area contributed by atoms with Gasteiger partial charge in [0.15, 0.2) is 0 Å². The third kappa shape index (κ3) is 3.16. The van der Waals surface area contributed by atoms with E-state index in [9.17, 15) is 0 Å². The minimum Gasteiger partial charge on any atom is -0.330 e. The predicted octanol–water partition coefficient (Wildman–Crippen LogP) is 1.03. The summed E-state index contributed by atoms with van der Waals surface area (Å²) in [6.45, 7) is 7.58. The van der Waals surface area contributed by atoms with Gasteiger partial charge in [-0.25, -0.2) is 0 Å². The molecule has 0 spiro atoms. The van der Waals surface area contributed by atoms with Crippen molar-refractivity contribution in [1.29, 1.82) is 0 Å². The molecule has 1 fully saturated rings. The van der Waals surface area contributed by atoms with Gasteiger partial charge < -0.3 is 11.1 Å². The summed E-state index contributed by atoms with van der Waals surface area (Å²) in [6, 6.07) is 0. The highest BCUT2D eigenvalue weighted by Crippen LogP contribution is 2.28. The lowest BCUT2D eigenvalue weighted by Gasteiger charge is -2.23. The van der Waals surface area contributed by atoms with Crippen LogP contribution in [0.15, 0.2) is 0 Å². The van der Waals surface area contributed by atoms with E-state index in [1.54, 1.807) is 0 Å². The molecule has 0 aromatic rings. The molecule has 0 radical (unpaired) electrons. The van der Waals surface area contributed by atoms with Crippen LogP contribution in [0.1, 0.15) is 13.8 Å². The van der Waals surface area contributed by atoms with E-state index < -0.39 is 0 Å². The van der Waals surface area contributed by atoms with Crippen molar-refractivity contribution >= 4 is 24.8 Å². The molecule has 0 bridgehead atoms. The molecule has 1 heterocycles.